The number of ether oxygens (including phenoxy) is 1. The highest BCUT2D eigenvalue weighted by atomic mass is 79.9. The van der Waals surface area contributed by atoms with E-state index in [1.165, 1.54) is 14.2 Å². The largest absolute Gasteiger partial charge is 0.453 e. The fourth-order valence-corrected chi connectivity index (χ4v) is 5.18. The van der Waals surface area contributed by atoms with Gasteiger partial charge in [0.2, 0.25) is 5.91 Å². The van der Waals surface area contributed by atoms with Crippen LogP contribution in [-0.2, 0) is 32.1 Å². The molecule has 0 aliphatic carbocycles. The number of likely N-dealkylation sites (N-methyl/N-ethyl adjacent to an activating group) is 1. The molecule has 0 saturated carbocycles. The second-order valence-electron chi connectivity index (χ2n) is 13.6. The van der Waals surface area contributed by atoms with Crippen LogP contribution in [0.25, 0.3) is 0 Å². The van der Waals surface area contributed by atoms with Gasteiger partial charge in [-0.25, -0.2) is 9.80 Å². The van der Waals surface area contributed by atoms with Gasteiger partial charge in [-0.2, -0.15) is 0 Å². The van der Waals surface area contributed by atoms with E-state index in [9.17, 15) is 24.3 Å². The van der Waals surface area contributed by atoms with Crippen molar-refractivity contribution >= 4 is 39.7 Å². The smallest absolute Gasteiger partial charge is 0.407 e. The van der Waals surface area contributed by atoms with Gasteiger partial charge in [0.25, 0.3) is 11.8 Å². The highest BCUT2D eigenvalue weighted by Gasteiger charge is 2.41. The Morgan fingerprint density at radius 3 is 1.93 bits per heavy atom. The van der Waals surface area contributed by atoms with Crippen molar-refractivity contribution in [3.05, 3.63) is 70.2 Å². The Bertz CT molecular complexity index is 1310. The first-order chi connectivity index (χ1) is 21.4. The standard InChI is InChI=1S/C34H50BrN5O6/c1-32(2,3)26(28(41)36-7)37-30(43)34(45,21-23-13-10-9-11-14-23)19-12-20-40(22-24-15-17-25(35)18-16-24)39-29(42)27(33(4,5)6)38-31(44)46-8/h9-11,13-18,26-27,45H,12,19-22H2,1-8H3,(H,36,41)(H,37,43)(H,38,44)(H,39,42)/t26-,27-,34-/m1/s1. The number of nitrogens with zero attached hydrogens (tertiary/aromatic N) is 1. The molecule has 0 unspecified atom stereocenters. The van der Waals surface area contributed by atoms with Gasteiger partial charge in [-0.1, -0.05) is 99.9 Å². The van der Waals surface area contributed by atoms with E-state index in [1.807, 2.05) is 96.1 Å². The zero-order valence-electron chi connectivity index (χ0n) is 28.2. The molecule has 0 aromatic heterocycles. The minimum Gasteiger partial charge on any atom is -0.453 e. The highest BCUT2D eigenvalue weighted by molar-refractivity contribution is 9.10. The first-order valence-electron chi connectivity index (χ1n) is 15.3. The molecule has 0 bridgehead atoms. The van der Waals surface area contributed by atoms with Crippen molar-refractivity contribution in [3.8, 4) is 0 Å². The van der Waals surface area contributed by atoms with Crippen LogP contribution in [0, 0.1) is 10.8 Å². The molecule has 0 fully saturated rings. The molecule has 5 N–H and O–H groups in total. The van der Waals surface area contributed by atoms with Gasteiger partial charge in [-0.3, -0.25) is 19.8 Å². The van der Waals surface area contributed by atoms with E-state index in [2.05, 4.69) is 37.3 Å². The number of benzene rings is 2. The normalized spacial score (nSPS) is 14.4. The van der Waals surface area contributed by atoms with E-state index in [-0.39, 0.29) is 25.3 Å². The number of hydrogen-bond donors (Lipinski definition) is 5. The molecule has 0 heterocycles. The number of halogens is 1. The summed E-state index contributed by atoms with van der Waals surface area (Å²) in [6, 6.07) is 15.0. The number of amides is 4. The van der Waals surface area contributed by atoms with Crippen LogP contribution >= 0.6 is 15.9 Å². The molecule has 254 valence electrons. The number of carbonyl (C=O) groups is 4. The summed E-state index contributed by atoms with van der Waals surface area (Å²) in [5.74, 6) is -1.45. The SMILES string of the molecule is CNC(=O)[C@@H](NC(=O)[C@@](O)(CCCN(Cc1ccc(Br)cc1)NC(=O)[C@@H](NC(=O)OC)C(C)(C)C)Cc1ccccc1)C(C)(C)C. The summed E-state index contributed by atoms with van der Waals surface area (Å²) >= 11 is 3.44. The van der Waals surface area contributed by atoms with Gasteiger partial charge in [0.05, 0.1) is 7.11 Å². The number of carbonyl (C=O) groups excluding carboxylic acids is 4. The summed E-state index contributed by atoms with van der Waals surface area (Å²) in [7, 11) is 2.74. The molecule has 2 aromatic carbocycles. The van der Waals surface area contributed by atoms with Crippen LogP contribution in [0.15, 0.2) is 59.1 Å². The molecule has 0 saturated heterocycles. The number of nitrogens with one attached hydrogen (secondary N) is 4. The van der Waals surface area contributed by atoms with Gasteiger partial charge in [-0.05, 0) is 46.9 Å². The van der Waals surface area contributed by atoms with Crippen molar-refractivity contribution in [2.45, 2.75) is 85.0 Å². The quantitative estimate of drug-likeness (QED) is 0.186. The molecular weight excluding hydrogens is 654 g/mol. The van der Waals surface area contributed by atoms with Crippen LogP contribution in [0.3, 0.4) is 0 Å². The Balaban J connectivity index is 2.35. The molecule has 4 amide bonds. The zero-order chi connectivity index (χ0) is 34.7. The number of aliphatic hydroxyl groups is 1. The third kappa shape index (κ3) is 12.0. The lowest BCUT2D eigenvalue weighted by atomic mass is 9.84. The van der Waals surface area contributed by atoms with E-state index in [0.717, 1.165) is 15.6 Å². The molecule has 2 aromatic rings. The first-order valence-corrected chi connectivity index (χ1v) is 16.1. The Morgan fingerprint density at radius 2 is 1.41 bits per heavy atom. The number of hydrogen-bond acceptors (Lipinski definition) is 7. The average molecular weight is 705 g/mol. The zero-order valence-corrected chi connectivity index (χ0v) is 29.8. The summed E-state index contributed by atoms with van der Waals surface area (Å²) in [6.07, 6.45) is -0.359. The van der Waals surface area contributed by atoms with E-state index in [1.54, 1.807) is 5.01 Å². The lowest BCUT2D eigenvalue weighted by molar-refractivity contribution is -0.145. The Hall–Kier alpha value is -3.48. The van der Waals surface area contributed by atoms with Gasteiger partial charge in [0, 0.05) is 31.0 Å². The van der Waals surface area contributed by atoms with Crippen molar-refractivity contribution in [3.63, 3.8) is 0 Å². The van der Waals surface area contributed by atoms with E-state index in [4.69, 9.17) is 4.74 Å². The predicted molar refractivity (Wildman–Crippen MR) is 181 cm³/mol. The van der Waals surface area contributed by atoms with Crippen LogP contribution in [0.1, 0.15) is 65.5 Å². The maximum Gasteiger partial charge on any atom is 0.407 e. The van der Waals surface area contributed by atoms with Gasteiger partial charge < -0.3 is 25.8 Å². The minimum atomic E-state index is -1.85. The second-order valence-corrected chi connectivity index (χ2v) is 14.6. The number of alkyl carbamates (subject to hydrolysis) is 1. The minimum absolute atomic E-state index is 0.0263. The van der Waals surface area contributed by atoms with Crippen LogP contribution in [0.4, 0.5) is 4.79 Å². The van der Waals surface area contributed by atoms with Crippen molar-refractivity contribution in [2.24, 2.45) is 10.8 Å². The number of hydrazine groups is 1. The summed E-state index contributed by atoms with van der Waals surface area (Å²) in [5.41, 5.74) is 1.50. The Morgan fingerprint density at radius 1 is 0.848 bits per heavy atom. The van der Waals surface area contributed by atoms with Crippen LogP contribution in [-0.4, -0.2) is 72.3 Å². The number of rotatable bonds is 14. The third-order valence-electron chi connectivity index (χ3n) is 7.56. The molecule has 0 radical (unpaired) electrons. The monoisotopic (exact) mass is 703 g/mol. The summed E-state index contributed by atoms with van der Waals surface area (Å²) < 4.78 is 5.65. The second kappa shape index (κ2) is 16.9. The fourth-order valence-electron chi connectivity index (χ4n) is 4.92. The molecule has 46 heavy (non-hydrogen) atoms. The van der Waals surface area contributed by atoms with Gasteiger partial charge in [-0.15, -0.1) is 0 Å². The van der Waals surface area contributed by atoms with Crippen LogP contribution in [0.2, 0.25) is 0 Å². The van der Waals surface area contributed by atoms with Crippen LogP contribution < -0.4 is 21.4 Å². The third-order valence-corrected chi connectivity index (χ3v) is 8.09. The fraction of sp³-hybridized carbons (Fsp3) is 0.529. The van der Waals surface area contributed by atoms with E-state index in [0.29, 0.717) is 13.0 Å². The molecule has 11 nitrogen and oxygen atoms in total. The molecule has 2 rings (SSSR count). The molecule has 3 atom stereocenters. The van der Waals surface area contributed by atoms with Gasteiger partial charge in [0.15, 0.2) is 0 Å². The summed E-state index contributed by atoms with van der Waals surface area (Å²) in [4.78, 5) is 52.1. The Kier molecular flexibility index (Phi) is 14.2. The lowest BCUT2D eigenvalue weighted by Gasteiger charge is -2.35. The van der Waals surface area contributed by atoms with E-state index < -0.39 is 46.4 Å². The average Bonchev–Trinajstić information content (AvgIpc) is 2.98. The Labute approximate surface area is 281 Å². The van der Waals surface area contributed by atoms with Crippen molar-refractivity contribution in [1.29, 1.82) is 0 Å². The molecule has 0 aliphatic heterocycles. The highest BCUT2D eigenvalue weighted by Crippen LogP contribution is 2.25. The molecule has 12 heteroatoms. The topological polar surface area (TPSA) is 149 Å². The summed E-state index contributed by atoms with van der Waals surface area (Å²) in [6.45, 7) is 11.6. The van der Waals surface area contributed by atoms with Gasteiger partial charge >= 0.3 is 6.09 Å². The lowest BCUT2D eigenvalue weighted by Crippen LogP contribution is -2.59. The predicted octanol–water partition coefficient (Wildman–Crippen LogP) is 4.08. The molecule has 0 aliphatic rings. The first kappa shape index (κ1) is 38.7. The van der Waals surface area contributed by atoms with Crippen LogP contribution in [0.5, 0.6) is 0 Å². The maximum absolute atomic E-state index is 13.8. The number of methoxy groups -OCH3 is 1. The molecular formula is C34H50BrN5O6. The van der Waals surface area contributed by atoms with Gasteiger partial charge in [0.1, 0.15) is 17.7 Å². The van der Waals surface area contributed by atoms with Crippen molar-refractivity contribution in [1.82, 2.24) is 26.4 Å². The van der Waals surface area contributed by atoms with E-state index >= 15 is 0 Å². The van der Waals surface area contributed by atoms with Crippen molar-refractivity contribution < 1.29 is 29.0 Å². The maximum atomic E-state index is 13.8. The van der Waals surface area contributed by atoms with Crippen molar-refractivity contribution in [2.75, 3.05) is 20.7 Å². The summed E-state index contributed by atoms with van der Waals surface area (Å²) in [5, 5.41) is 21.6. The molecule has 0 spiro atoms.